The second-order valence-corrected chi connectivity index (χ2v) is 7.04. The van der Waals surface area contributed by atoms with Crippen molar-refractivity contribution in [2.45, 2.75) is 20.8 Å². The van der Waals surface area contributed by atoms with Gasteiger partial charge in [0.05, 0.1) is 17.7 Å². The molecule has 0 fully saturated rings. The van der Waals surface area contributed by atoms with Gasteiger partial charge in [-0.1, -0.05) is 11.6 Å². The number of benzene rings is 2. The summed E-state index contributed by atoms with van der Waals surface area (Å²) in [6.45, 7) is 5.70. The minimum Gasteiger partial charge on any atom is -0.337 e. The van der Waals surface area contributed by atoms with Crippen molar-refractivity contribution < 1.29 is 0 Å². The summed E-state index contributed by atoms with van der Waals surface area (Å²) in [6, 6.07) is 15.1. The smallest absolute Gasteiger partial charge is 0.249 e. The zero-order valence-corrected chi connectivity index (χ0v) is 17.4. The van der Waals surface area contributed by atoms with Gasteiger partial charge in [-0.2, -0.15) is 15.5 Å². The second kappa shape index (κ2) is 9.04. The maximum absolute atomic E-state index is 8.98. The van der Waals surface area contributed by atoms with Crippen molar-refractivity contribution >= 4 is 40.8 Å². The number of aryl methyl sites for hydroxylation is 2. The number of nitrogens with one attached hydrogen (secondary N) is 2. The molecule has 0 atom stereocenters. The van der Waals surface area contributed by atoms with Gasteiger partial charge in [-0.3, -0.25) is 0 Å². The van der Waals surface area contributed by atoms with Gasteiger partial charge in [0, 0.05) is 16.9 Å². The number of nitrogens with zero attached hydrogens (tertiary/aromatic N) is 5. The van der Waals surface area contributed by atoms with Crippen LogP contribution in [0.5, 0.6) is 0 Å². The van der Waals surface area contributed by atoms with Crippen molar-refractivity contribution in [1.29, 1.82) is 10.5 Å². The Hall–Kier alpha value is -3.94. The van der Waals surface area contributed by atoms with Crippen LogP contribution in [0.3, 0.4) is 0 Å². The van der Waals surface area contributed by atoms with Crippen molar-refractivity contribution in [2.75, 3.05) is 10.6 Å². The second-order valence-electron chi connectivity index (χ2n) is 6.68. The summed E-state index contributed by atoms with van der Waals surface area (Å²) in [5.41, 5.74) is 5.68. The topological polar surface area (TPSA) is 110 Å². The number of hydrogen-bond donors (Lipinski definition) is 2. The molecule has 0 amide bonds. The lowest BCUT2D eigenvalue weighted by molar-refractivity contribution is 0.981. The summed E-state index contributed by atoms with van der Waals surface area (Å²) in [5.74, 6) is 0.636. The molecule has 3 aromatic rings. The van der Waals surface area contributed by atoms with Crippen molar-refractivity contribution in [2.24, 2.45) is 0 Å². The molecule has 0 aliphatic carbocycles. The monoisotopic (exact) mass is 415 g/mol. The lowest BCUT2D eigenvalue weighted by Gasteiger charge is -2.14. The molecule has 148 valence electrons. The van der Waals surface area contributed by atoms with Gasteiger partial charge in [0.1, 0.15) is 0 Å². The van der Waals surface area contributed by atoms with Crippen molar-refractivity contribution in [3.05, 3.63) is 69.4 Å². The minimum atomic E-state index is 0.130. The first-order valence-electron chi connectivity index (χ1n) is 9.03. The molecule has 0 radical (unpaired) electrons. The molecule has 0 bridgehead atoms. The van der Waals surface area contributed by atoms with Crippen LogP contribution in [-0.2, 0) is 0 Å². The van der Waals surface area contributed by atoms with E-state index in [0.717, 1.165) is 28.1 Å². The standard InChI is InChI=1S/C22H18ClN7/c1-13(11-24)8-17-9-14(2)19(15(3)10-17)27-22-28-21(20(23)29-30-22)26-18-6-4-16(12-25)5-7-18/h4-10H,1-3H3,(H2,26,27,28,30)/b13-8+. The largest absolute Gasteiger partial charge is 0.337 e. The Morgan fingerprint density at radius 3 is 2.30 bits per heavy atom. The van der Waals surface area contributed by atoms with Crippen molar-refractivity contribution in [3.8, 4) is 12.1 Å². The molecule has 0 spiro atoms. The van der Waals surface area contributed by atoms with E-state index in [1.54, 1.807) is 31.2 Å². The van der Waals surface area contributed by atoms with Crippen LogP contribution in [0, 0.1) is 36.5 Å². The lowest BCUT2D eigenvalue weighted by Crippen LogP contribution is -2.05. The molecule has 1 aromatic heterocycles. The molecule has 3 rings (SSSR count). The predicted molar refractivity (Wildman–Crippen MR) is 118 cm³/mol. The van der Waals surface area contributed by atoms with Crippen LogP contribution in [0.2, 0.25) is 5.15 Å². The Bertz CT molecular complexity index is 1180. The molecule has 0 aliphatic heterocycles. The summed E-state index contributed by atoms with van der Waals surface area (Å²) in [5, 5.41) is 32.3. The van der Waals surface area contributed by atoms with E-state index in [9.17, 15) is 0 Å². The Balaban J connectivity index is 1.86. The van der Waals surface area contributed by atoms with E-state index in [0.29, 0.717) is 22.9 Å². The highest BCUT2D eigenvalue weighted by Crippen LogP contribution is 2.27. The molecule has 7 nitrogen and oxygen atoms in total. The van der Waals surface area contributed by atoms with Crippen molar-refractivity contribution in [3.63, 3.8) is 0 Å². The first-order valence-corrected chi connectivity index (χ1v) is 9.41. The van der Waals surface area contributed by atoms with Crippen LogP contribution >= 0.6 is 11.6 Å². The normalized spacial score (nSPS) is 10.8. The van der Waals surface area contributed by atoms with Gasteiger partial charge < -0.3 is 10.6 Å². The highest BCUT2D eigenvalue weighted by molar-refractivity contribution is 6.31. The van der Waals surface area contributed by atoms with Gasteiger partial charge in [-0.25, -0.2) is 0 Å². The van der Waals surface area contributed by atoms with Gasteiger partial charge in [0.25, 0.3) is 0 Å². The average molecular weight is 416 g/mol. The fraction of sp³-hybridized carbons (Fsp3) is 0.136. The number of allylic oxidation sites excluding steroid dienone is 1. The maximum Gasteiger partial charge on any atom is 0.249 e. The number of anilines is 4. The van der Waals surface area contributed by atoms with Gasteiger partial charge in [0.15, 0.2) is 11.0 Å². The number of halogens is 1. The molecule has 30 heavy (non-hydrogen) atoms. The highest BCUT2D eigenvalue weighted by Gasteiger charge is 2.11. The van der Waals surface area contributed by atoms with Crippen LogP contribution in [0.25, 0.3) is 6.08 Å². The first-order chi connectivity index (χ1) is 14.4. The third kappa shape index (κ3) is 4.91. The van der Waals surface area contributed by atoms with E-state index >= 15 is 0 Å². The SMILES string of the molecule is C/C(C#N)=C\c1cc(C)c(Nc2nnc(Cl)c(Nc3ccc(C#N)cc3)n2)c(C)c1. The fourth-order valence-electron chi connectivity index (χ4n) is 2.88. The van der Waals surface area contributed by atoms with Crippen LogP contribution in [0.15, 0.2) is 42.0 Å². The van der Waals surface area contributed by atoms with Gasteiger partial charge in [-0.15, -0.1) is 10.2 Å². The number of hydrogen-bond acceptors (Lipinski definition) is 7. The molecular weight excluding hydrogens is 398 g/mol. The van der Waals surface area contributed by atoms with Crippen LogP contribution in [0.4, 0.5) is 23.1 Å². The fourth-order valence-corrected chi connectivity index (χ4v) is 3.01. The van der Waals surface area contributed by atoms with Crippen LogP contribution in [-0.4, -0.2) is 15.2 Å². The molecular formula is C22H18ClN7. The van der Waals surface area contributed by atoms with Gasteiger partial charge in [-0.05, 0) is 79.9 Å². The quantitative estimate of drug-likeness (QED) is 0.534. The van der Waals surface area contributed by atoms with E-state index in [1.165, 1.54) is 0 Å². The van der Waals surface area contributed by atoms with E-state index in [4.69, 9.17) is 22.1 Å². The number of aromatic nitrogens is 3. The van der Waals surface area contributed by atoms with E-state index in [1.807, 2.05) is 32.1 Å². The highest BCUT2D eigenvalue weighted by atomic mass is 35.5. The third-order valence-corrected chi connectivity index (χ3v) is 4.53. The van der Waals surface area contributed by atoms with Crippen LogP contribution in [0.1, 0.15) is 29.2 Å². The zero-order chi connectivity index (χ0) is 21.7. The molecule has 0 unspecified atom stereocenters. The maximum atomic E-state index is 8.98. The molecule has 8 heteroatoms. The molecule has 0 aliphatic rings. The van der Waals surface area contributed by atoms with E-state index in [2.05, 4.69) is 38.0 Å². The Kier molecular flexibility index (Phi) is 6.26. The van der Waals surface area contributed by atoms with Crippen molar-refractivity contribution in [1.82, 2.24) is 15.2 Å². The number of nitriles is 2. The molecule has 2 aromatic carbocycles. The molecule has 0 saturated carbocycles. The Labute approximate surface area is 179 Å². The first kappa shape index (κ1) is 20.8. The molecule has 0 saturated heterocycles. The van der Waals surface area contributed by atoms with Crippen LogP contribution < -0.4 is 10.6 Å². The third-order valence-electron chi connectivity index (χ3n) is 4.27. The van der Waals surface area contributed by atoms with Gasteiger partial charge in [0.2, 0.25) is 5.95 Å². The Morgan fingerprint density at radius 2 is 1.70 bits per heavy atom. The summed E-state index contributed by atoms with van der Waals surface area (Å²) in [6.07, 6.45) is 1.84. The minimum absolute atomic E-state index is 0.130. The summed E-state index contributed by atoms with van der Waals surface area (Å²) < 4.78 is 0. The summed E-state index contributed by atoms with van der Waals surface area (Å²) >= 11 is 6.14. The average Bonchev–Trinajstić information content (AvgIpc) is 2.73. The molecule has 1 heterocycles. The van der Waals surface area contributed by atoms with Gasteiger partial charge >= 0.3 is 0 Å². The Morgan fingerprint density at radius 1 is 1.03 bits per heavy atom. The lowest BCUT2D eigenvalue weighted by atomic mass is 10.0. The predicted octanol–water partition coefficient (Wildman–Crippen LogP) is 5.43. The summed E-state index contributed by atoms with van der Waals surface area (Å²) in [7, 11) is 0. The molecule has 2 N–H and O–H groups in total. The zero-order valence-electron chi connectivity index (χ0n) is 16.7. The number of rotatable bonds is 5. The van der Waals surface area contributed by atoms with E-state index in [-0.39, 0.29) is 5.15 Å². The summed E-state index contributed by atoms with van der Waals surface area (Å²) in [4.78, 5) is 4.42. The van der Waals surface area contributed by atoms with E-state index < -0.39 is 0 Å².